The Hall–Kier alpha value is -1.68. The average molecular weight is 481 g/mol. The molecule has 2 amide bonds. The number of hydrogen-bond donors (Lipinski definition) is 3. The first kappa shape index (κ1) is 22.1. The van der Waals surface area contributed by atoms with Crippen molar-refractivity contribution in [3.8, 4) is 0 Å². The molecule has 4 atom stereocenters. The number of nitrogens with zero attached hydrogens (tertiary/aromatic N) is 1. The fourth-order valence-electron chi connectivity index (χ4n) is 5.84. The van der Waals surface area contributed by atoms with Crippen molar-refractivity contribution < 1.29 is 18.0 Å². The summed E-state index contributed by atoms with van der Waals surface area (Å²) in [5, 5.41) is 9.40. The van der Waals surface area contributed by atoms with Crippen LogP contribution >= 0.6 is 11.6 Å². The first-order valence-corrected chi connectivity index (χ1v) is 13.4. The number of halogens is 1. The summed E-state index contributed by atoms with van der Waals surface area (Å²) in [6.45, 7) is 1.73. The predicted molar refractivity (Wildman–Crippen MR) is 122 cm³/mol. The second-order valence-electron chi connectivity index (χ2n) is 9.56. The number of hydrogen-bond acceptors (Lipinski definition) is 5. The van der Waals surface area contributed by atoms with E-state index in [1.165, 1.54) is 0 Å². The highest BCUT2D eigenvalue weighted by Gasteiger charge is 2.47. The quantitative estimate of drug-likeness (QED) is 0.596. The lowest BCUT2D eigenvalue weighted by Gasteiger charge is -2.39. The number of piperidine rings is 2. The third kappa shape index (κ3) is 4.27. The van der Waals surface area contributed by atoms with Crippen molar-refractivity contribution in [2.45, 2.75) is 63.1 Å². The highest BCUT2D eigenvalue weighted by molar-refractivity contribution is 7.89. The first-order chi connectivity index (χ1) is 15.3. The number of anilines is 1. The summed E-state index contributed by atoms with van der Waals surface area (Å²) in [4.78, 5) is 24.6. The van der Waals surface area contributed by atoms with Gasteiger partial charge < -0.3 is 16.0 Å². The summed E-state index contributed by atoms with van der Waals surface area (Å²) in [6.07, 6.45) is 5.14. The van der Waals surface area contributed by atoms with Crippen molar-refractivity contribution in [2.75, 3.05) is 24.2 Å². The van der Waals surface area contributed by atoms with Crippen LogP contribution in [0, 0.1) is 5.92 Å². The van der Waals surface area contributed by atoms with Crippen LogP contribution in [0.25, 0.3) is 0 Å². The molecular formula is C22H29ClN4O4S. The zero-order chi connectivity index (χ0) is 22.5. The molecule has 1 aromatic rings. The van der Waals surface area contributed by atoms with E-state index in [4.69, 9.17) is 11.6 Å². The van der Waals surface area contributed by atoms with Crippen LogP contribution in [-0.2, 0) is 21.2 Å². The zero-order valence-electron chi connectivity index (χ0n) is 17.9. The minimum atomic E-state index is -3.32. The zero-order valence-corrected chi connectivity index (χ0v) is 19.5. The van der Waals surface area contributed by atoms with Crippen molar-refractivity contribution in [2.24, 2.45) is 5.92 Å². The molecule has 0 saturated carbocycles. The Morgan fingerprint density at radius 2 is 1.94 bits per heavy atom. The lowest BCUT2D eigenvalue weighted by molar-refractivity contribution is -0.115. The van der Waals surface area contributed by atoms with Crippen molar-refractivity contribution in [3.63, 3.8) is 0 Å². The Bertz CT molecular complexity index is 1030. The van der Waals surface area contributed by atoms with Crippen LogP contribution in [0.4, 0.5) is 5.69 Å². The van der Waals surface area contributed by atoms with E-state index in [1.807, 2.05) is 0 Å². The number of carbonyl (C=O) groups is 2. The number of benzene rings is 1. The molecule has 0 aliphatic carbocycles. The molecule has 4 aliphatic heterocycles. The van der Waals surface area contributed by atoms with Gasteiger partial charge in [0.1, 0.15) is 0 Å². The smallest absolute Gasteiger partial charge is 0.253 e. The standard InChI is InChI=1S/C22H29ClN4O4S/c23-19-10-20-14(7-21(28)26-20)6-18(19)22(29)25-15-8-16-3-4-17(9-15)27(16)32(30,31)12-13-2-1-5-24-11-13/h6,10,13,15-17,24H,1-5,7-9,11-12H2,(H,25,29)(H,26,28)/t13-,15-,16+,17-/m1/s1. The molecule has 4 heterocycles. The molecule has 3 fully saturated rings. The van der Waals surface area contributed by atoms with Gasteiger partial charge in [-0.1, -0.05) is 11.6 Å². The summed E-state index contributed by atoms with van der Waals surface area (Å²) < 4.78 is 28.2. The molecule has 1 aromatic carbocycles. The van der Waals surface area contributed by atoms with Gasteiger partial charge >= 0.3 is 0 Å². The maximum absolute atomic E-state index is 13.2. The number of nitrogens with one attached hydrogen (secondary N) is 3. The molecule has 0 unspecified atom stereocenters. The maximum atomic E-state index is 13.2. The summed E-state index contributed by atoms with van der Waals surface area (Å²) in [6, 6.07) is 3.09. The van der Waals surface area contributed by atoms with Crippen LogP contribution in [0.3, 0.4) is 0 Å². The van der Waals surface area contributed by atoms with Gasteiger partial charge in [0.25, 0.3) is 5.91 Å². The van der Waals surface area contributed by atoms with E-state index in [0.717, 1.165) is 44.3 Å². The van der Waals surface area contributed by atoms with Crippen molar-refractivity contribution in [1.29, 1.82) is 0 Å². The normalized spacial score (nSPS) is 30.1. The van der Waals surface area contributed by atoms with E-state index in [9.17, 15) is 18.0 Å². The van der Waals surface area contributed by atoms with Gasteiger partial charge in [-0.05, 0) is 75.2 Å². The summed E-state index contributed by atoms with van der Waals surface area (Å²) in [7, 11) is -3.32. The highest BCUT2D eigenvalue weighted by atomic mass is 35.5. The van der Waals surface area contributed by atoms with Crippen LogP contribution in [0.5, 0.6) is 0 Å². The molecule has 0 aromatic heterocycles. The molecule has 3 N–H and O–H groups in total. The van der Waals surface area contributed by atoms with E-state index in [-0.39, 0.29) is 48.0 Å². The van der Waals surface area contributed by atoms with E-state index in [0.29, 0.717) is 29.1 Å². The van der Waals surface area contributed by atoms with E-state index < -0.39 is 10.0 Å². The molecule has 174 valence electrons. The Morgan fingerprint density at radius 1 is 1.19 bits per heavy atom. The molecule has 32 heavy (non-hydrogen) atoms. The SMILES string of the molecule is O=C1Cc2cc(C(=O)N[C@H]3C[C@H]4CC[C@@H](C3)N4S(=O)(=O)C[C@@H]3CCCNC3)c(Cl)cc2N1. The second-order valence-corrected chi connectivity index (χ2v) is 11.9. The van der Waals surface area contributed by atoms with Crippen molar-refractivity contribution in [1.82, 2.24) is 14.9 Å². The van der Waals surface area contributed by atoms with E-state index >= 15 is 0 Å². The number of sulfonamides is 1. The topological polar surface area (TPSA) is 108 Å². The largest absolute Gasteiger partial charge is 0.349 e. The summed E-state index contributed by atoms with van der Waals surface area (Å²) in [5.74, 6) is 0.00412. The van der Waals surface area contributed by atoms with Crippen molar-refractivity contribution >= 4 is 39.1 Å². The molecule has 3 saturated heterocycles. The monoisotopic (exact) mass is 480 g/mol. The number of fused-ring (bicyclic) bond motifs is 3. The molecule has 8 nitrogen and oxygen atoms in total. The number of rotatable bonds is 5. The van der Waals surface area contributed by atoms with Crippen LogP contribution < -0.4 is 16.0 Å². The van der Waals surface area contributed by atoms with Crippen LogP contribution in [-0.4, -0.2) is 61.5 Å². The van der Waals surface area contributed by atoms with Crippen LogP contribution in [0.15, 0.2) is 12.1 Å². The Labute approximate surface area is 193 Å². The van der Waals surface area contributed by atoms with Gasteiger partial charge in [0, 0.05) is 23.8 Å². The van der Waals surface area contributed by atoms with Crippen LogP contribution in [0.2, 0.25) is 5.02 Å². The number of amides is 2. The Morgan fingerprint density at radius 3 is 2.62 bits per heavy atom. The van der Waals surface area contributed by atoms with Crippen molar-refractivity contribution in [3.05, 3.63) is 28.3 Å². The molecule has 5 rings (SSSR count). The molecule has 0 radical (unpaired) electrons. The summed E-state index contributed by atoms with van der Waals surface area (Å²) in [5.41, 5.74) is 1.78. The molecule has 4 aliphatic rings. The van der Waals surface area contributed by atoms with Gasteiger partial charge in [0.05, 0.1) is 22.8 Å². The fraction of sp³-hybridized carbons (Fsp3) is 0.636. The minimum absolute atomic E-state index is 0.0575. The van der Waals surface area contributed by atoms with Gasteiger partial charge in [-0.15, -0.1) is 0 Å². The number of carbonyl (C=O) groups excluding carboxylic acids is 2. The van der Waals surface area contributed by atoms with Gasteiger partial charge in [-0.3, -0.25) is 9.59 Å². The van der Waals surface area contributed by atoms with E-state index in [1.54, 1.807) is 16.4 Å². The van der Waals surface area contributed by atoms with Crippen LogP contribution in [0.1, 0.15) is 54.4 Å². The van der Waals surface area contributed by atoms with Gasteiger partial charge in [-0.2, -0.15) is 4.31 Å². The molecule has 10 heteroatoms. The Kier molecular flexibility index (Phi) is 5.94. The highest BCUT2D eigenvalue weighted by Crippen LogP contribution is 2.39. The van der Waals surface area contributed by atoms with Gasteiger partial charge in [-0.25, -0.2) is 8.42 Å². The lowest BCUT2D eigenvalue weighted by atomic mass is 9.99. The van der Waals surface area contributed by atoms with E-state index in [2.05, 4.69) is 16.0 Å². The molecule has 2 bridgehead atoms. The molecule has 0 spiro atoms. The average Bonchev–Trinajstić information content (AvgIpc) is 3.24. The first-order valence-electron chi connectivity index (χ1n) is 11.5. The molecular weight excluding hydrogens is 452 g/mol. The third-order valence-electron chi connectivity index (χ3n) is 7.23. The predicted octanol–water partition coefficient (Wildman–Crippen LogP) is 1.89. The second kappa shape index (κ2) is 8.59. The lowest BCUT2D eigenvalue weighted by Crippen LogP contribution is -2.53. The fourth-order valence-corrected chi connectivity index (χ4v) is 8.43. The summed E-state index contributed by atoms with van der Waals surface area (Å²) >= 11 is 6.31. The maximum Gasteiger partial charge on any atom is 0.253 e. The Balaban J connectivity index is 1.25. The minimum Gasteiger partial charge on any atom is -0.349 e. The van der Waals surface area contributed by atoms with Gasteiger partial charge in [0.2, 0.25) is 15.9 Å². The van der Waals surface area contributed by atoms with Gasteiger partial charge in [0.15, 0.2) is 0 Å². The third-order valence-corrected chi connectivity index (χ3v) is 9.67.